The van der Waals surface area contributed by atoms with Crippen LogP contribution in [0.25, 0.3) is 20.5 Å². The van der Waals surface area contributed by atoms with Gasteiger partial charge in [-0.2, -0.15) is 13.2 Å². The normalized spacial score (nSPS) is 19.4. The van der Waals surface area contributed by atoms with Gasteiger partial charge in [0.05, 0.1) is 35.0 Å². The Morgan fingerprint density at radius 1 is 0.823 bits per heavy atom. The maximum absolute atomic E-state index is 16.0. The van der Waals surface area contributed by atoms with E-state index in [-0.39, 0.29) is 59.9 Å². The number of halogens is 5. The maximum Gasteiger partial charge on any atom is 0.416 e. The maximum atomic E-state index is 16.0. The number of hydrogen-bond donors (Lipinski definition) is 1. The van der Waals surface area contributed by atoms with Crippen LogP contribution in [0.3, 0.4) is 0 Å². The number of piperidine rings is 1. The van der Waals surface area contributed by atoms with Crippen molar-refractivity contribution in [2.45, 2.75) is 56.9 Å². The lowest BCUT2D eigenvalue weighted by Crippen LogP contribution is -2.53. The zero-order chi connectivity index (χ0) is 43.3. The predicted octanol–water partition coefficient (Wildman–Crippen LogP) is 8.68. The van der Waals surface area contributed by atoms with Gasteiger partial charge < -0.3 is 24.4 Å². The summed E-state index contributed by atoms with van der Waals surface area (Å²) in [4.78, 5) is 45.8. The summed E-state index contributed by atoms with van der Waals surface area (Å²) >= 11 is 1.32. The Morgan fingerprint density at radius 2 is 1.53 bits per heavy atom. The highest BCUT2D eigenvalue weighted by molar-refractivity contribution is 7.22. The summed E-state index contributed by atoms with van der Waals surface area (Å²) in [6.45, 7) is 4.98. The standard InChI is InChI=1S/C46H43F5N4O6S/c47-37-25-35-36(26-55(45(35)59)38-12-6-30(56)23-39(38)58)41(48)42(37)54-19-17-53(18-20-54)29-13-15-52(16-14-29)21-22-60-32-7-9-33(10-8-32)61-43-34-11-5-31(57)24-40(34)62-44(43)27-1-3-28(4-2-27)46(49,50)51/h1-5,7-11,24-25,29,38,57H,6,12-23,26H2. The zero-order valence-electron chi connectivity index (χ0n) is 33.6. The molecule has 0 spiro atoms. The van der Waals surface area contributed by atoms with Gasteiger partial charge in [-0.05, 0) is 98.6 Å². The van der Waals surface area contributed by atoms with Crippen molar-refractivity contribution in [3.63, 3.8) is 0 Å². The Bertz CT molecular complexity index is 2510. The van der Waals surface area contributed by atoms with Gasteiger partial charge in [-0.25, -0.2) is 8.78 Å². The molecule has 3 fully saturated rings. The number of phenolic OH excluding ortho intramolecular Hbond substituents is 1. The number of anilines is 1. The molecule has 0 radical (unpaired) electrons. The summed E-state index contributed by atoms with van der Waals surface area (Å²) in [5, 5.41) is 10.8. The molecule has 16 heteroatoms. The minimum absolute atomic E-state index is 0.0584. The van der Waals surface area contributed by atoms with Crippen molar-refractivity contribution in [3.05, 3.63) is 101 Å². The summed E-state index contributed by atoms with van der Waals surface area (Å²) in [5.74, 6) is -0.937. The molecule has 324 valence electrons. The number of piperazine rings is 1. The lowest BCUT2D eigenvalue weighted by Gasteiger charge is -2.43. The summed E-state index contributed by atoms with van der Waals surface area (Å²) in [5.41, 5.74) is -0.276. The molecule has 0 bridgehead atoms. The molecule has 3 aliphatic heterocycles. The van der Waals surface area contributed by atoms with Crippen LogP contribution in [0.1, 0.15) is 53.6 Å². The minimum atomic E-state index is -4.45. The van der Waals surface area contributed by atoms with Crippen LogP contribution in [0.2, 0.25) is 0 Å². The van der Waals surface area contributed by atoms with E-state index in [1.807, 2.05) is 0 Å². The number of phenols is 1. The number of carbonyl (C=O) groups excluding carboxylic acids is 3. The molecule has 1 aliphatic carbocycles. The molecule has 4 aliphatic rings. The number of rotatable bonds is 10. The van der Waals surface area contributed by atoms with Gasteiger partial charge in [0.2, 0.25) is 0 Å². The van der Waals surface area contributed by atoms with Crippen molar-refractivity contribution in [1.82, 2.24) is 14.7 Å². The molecule has 1 saturated carbocycles. The number of carbonyl (C=O) groups is 3. The number of benzene rings is 4. The third kappa shape index (κ3) is 8.34. The molecule has 4 aromatic carbocycles. The van der Waals surface area contributed by atoms with Crippen LogP contribution in [0, 0.1) is 11.6 Å². The Hall–Kier alpha value is -5.58. The first-order valence-electron chi connectivity index (χ1n) is 20.7. The second-order valence-corrected chi connectivity index (χ2v) is 17.3. The van der Waals surface area contributed by atoms with Crippen molar-refractivity contribution in [3.8, 4) is 33.4 Å². The van der Waals surface area contributed by atoms with Gasteiger partial charge in [0.25, 0.3) is 5.91 Å². The van der Waals surface area contributed by atoms with Gasteiger partial charge in [-0.1, -0.05) is 12.1 Å². The number of ketones is 2. The first-order valence-corrected chi connectivity index (χ1v) is 21.5. The smallest absolute Gasteiger partial charge is 0.416 e. The molecule has 1 aromatic heterocycles. The van der Waals surface area contributed by atoms with E-state index in [2.05, 4.69) is 9.80 Å². The van der Waals surface area contributed by atoms with Gasteiger partial charge >= 0.3 is 6.18 Å². The van der Waals surface area contributed by atoms with Gasteiger partial charge in [-0.3, -0.25) is 24.2 Å². The molecule has 1 amide bonds. The monoisotopic (exact) mass is 874 g/mol. The van der Waals surface area contributed by atoms with Gasteiger partial charge in [0.15, 0.2) is 17.3 Å². The molecular weight excluding hydrogens is 832 g/mol. The first-order chi connectivity index (χ1) is 29.8. The molecule has 10 nitrogen and oxygen atoms in total. The zero-order valence-corrected chi connectivity index (χ0v) is 34.4. The van der Waals surface area contributed by atoms with Crippen molar-refractivity contribution >= 4 is 44.6 Å². The Labute approximate surface area is 358 Å². The largest absolute Gasteiger partial charge is 0.508 e. The van der Waals surface area contributed by atoms with E-state index in [1.54, 1.807) is 47.4 Å². The van der Waals surface area contributed by atoms with Crippen molar-refractivity contribution in [1.29, 1.82) is 0 Å². The SMILES string of the molecule is O=C1CCC(N2Cc3c(cc(F)c(N4CCN(C5CCN(CCOc6ccc(Oc7c(-c8ccc(C(F)(F)F)cc8)sc8cc(O)ccc78)cc6)CC5)CC4)c3F)C2=O)C(=O)C1. The lowest BCUT2D eigenvalue weighted by molar-refractivity contribution is -0.137. The second-order valence-electron chi connectivity index (χ2n) is 16.3. The van der Waals surface area contributed by atoms with Crippen molar-refractivity contribution in [2.75, 3.05) is 57.3 Å². The summed E-state index contributed by atoms with van der Waals surface area (Å²) < 4.78 is 84.3. The van der Waals surface area contributed by atoms with E-state index in [1.165, 1.54) is 28.4 Å². The fraction of sp³-hybridized carbons (Fsp3) is 0.370. The molecule has 2 saturated heterocycles. The average Bonchev–Trinajstić information content (AvgIpc) is 3.77. The highest BCUT2D eigenvalue weighted by Gasteiger charge is 2.42. The fourth-order valence-corrected chi connectivity index (χ4v) is 10.3. The number of amides is 1. The minimum Gasteiger partial charge on any atom is -0.508 e. The van der Waals surface area contributed by atoms with Crippen LogP contribution >= 0.6 is 11.3 Å². The highest BCUT2D eigenvalue weighted by Crippen LogP contribution is 2.48. The molecule has 9 rings (SSSR count). The summed E-state index contributed by atoms with van der Waals surface area (Å²) in [7, 11) is 0. The number of fused-ring (bicyclic) bond motifs is 2. The average molecular weight is 875 g/mol. The molecule has 4 heterocycles. The third-order valence-corrected chi connectivity index (χ3v) is 13.6. The molecule has 1 atom stereocenters. The van der Waals surface area contributed by atoms with Crippen molar-refractivity contribution < 1.29 is 50.9 Å². The number of aromatic hydroxyl groups is 1. The lowest BCUT2D eigenvalue weighted by atomic mass is 9.92. The first kappa shape index (κ1) is 41.8. The fourth-order valence-electron chi connectivity index (χ4n) is 9.12. The number of ether oxygens (including phenoxy) is 2. The predicted molar refractivity (Wildman–Crippen MR) is 223 cm³/mol. The van der Waals surface area contributed by atoms with E-state index in [0.29, 0.717) is 66.5 Å². The van der Waals surface area contributed by atoms with Crippen LogP contribution in [0.15, 0.2) is 72.8 Å². The number of Topliss-reactive ketones (excluding diaryl/α,β-unsaturated/α-hetero) is 2. The molecular formula is C46H43F5N4O6S. The molecule has 62 heavy (non-hydrogen) atoms. The highest BCUT2D eigenvalue weighted by atomic mass is 32.1. The second kappa shape index (κ2) is 16.9. The van der Waals surface area contributed by atoms with Gasteiger partial charge in [0.1, 0.15) is 41.1 Å². The van der Waals surface area contributed by atoms with E-state index < -0.39 is 35.3 Å². The topological polar surface area (TPSA) is 103 Å². The number of likely N-dealkylation sites (tertiary alicyclic amines) is 1. The van der Waals surface area contributed by atoms with Crippen LogP contribution in [0.5, 0.6) is 23.0 Å². The number of hydrogen-bond acceptors (Lipinski definition) is 10. The number of nitrogens with zero attached hydrogens (tertiary/aromatic N) is 4. The molecule has 1 unspecified atom stereocenters. The Kier molecular flexibility index (Phi) is 11.4. The third-order valence-electron chi connectivity index (χ3n) is 12.5. The number of thiophene rings is 1. The number of alkyl halides is 3. The molecule has 5 aromatic rings. The van der Waals surface area contributed by atoms with Crippen LogP contribution in [0.4, 0.5) is 27.6 Å². The van der Waals surface area contributed by atoms with E-state index in [9.17, 15) is 32.7 Å². The summed E-state index contributed by atoms with van der Waals surface area (Å²) in [6.07, 6.45) is -2.42. The van der Waals surface area contributed by atoms with E-state index in [0.717, 1.165) is 60.8 Å². The van der Waals surface area contributed by atoms with Crippen LogP contribution < -0.4 is 14.4 Å². The Morgan fingerprint density at radius 3 is 2.23 bits per heavy atom. The summed E-state index contributed by atoms with van der Waals surface area (Å²) in [6, 6.07) is 17.6. The Balaban J connectivity index is 0.747. The van der Waals surface area contributed by atoms with Gasteiger partial charge in [-0.15, -0.1) is 11.3 Å². The van der Waals surface area contributed by atoms with E-state index in [4.69, 9.17) is 9.47 Å². The quantitative estimate of drug-likeness (QED) is 0.109. The van der Waals surface area contributed by atoms with Crippen LogP contribution in [-0.2, 0) is 22.3 Å². The van der Waals surface area contributed by atoms with Gasteiger partial charge in [0, 0.05) is 60.8 Å². The van der Waals surface area contributed by atoms with E-state index >= 15 is 8.78 Å². The van der Waals surface area contributed by atoms with Crippen molar-refractivity contribution in [2.24, 2.45) is 0 Å². The van der Waals surface area contributed by atoms with Crippen LogP contribution in [-0.4, -0.2) is 102 Å². The molecule has 1 N–H and O–H groups in total.